The van der Waals surface area contributed by atoms with Gasteiger partial charge in [0.2, 0.25) is 5.01 Å². The van der Waals surface area contributed by atoms with Crippen LogP contribution in [0.25, 0.3) is 11.4 Å². The fourth-order valence-electron chi connectivity index (χ4n) is 3.51. The molecular formula is C21H29N3O5S. The molecule has 1 aliphatic heterocycles. The van der Waals surface area contributed by atoms with E-state index in [2.05, 4.69) is 14.9 Å². The molecule has 8 nitrogen and oxygen atoms in total. The molecule has 0 aromatic carbocycles. The molecule has 3 heterocycles. The summed E-state index contributed by atoms with van der Waals surface area (Å²) in [6.07, 6.45) is 2.88. The lowest BCUT2D eigenvalue weighted by atomic mass is 10.2. The maximum Gasteiger partial charge on any atom is 0.367 e. The standard InChI is InChI=1S/C21H29N3O5S/c1-4-28-21(26)20-23-17(13-30-20)18-11-16(19(25)22-8-6-9-27-3)14(2)24(18)12-15-7-5-10-29-15/h11,13,15H,4-10,12H2,1-3H3,(H,22,25). The zero-order valence-corrected chi connectivity index (χ0v) is 18.5. The third-order valence-electron chi connectivity index (χ3n) is 5.05. The van der Waals surface area contributed by atoms with E-state index in [1.165, 1.54) is 11.3 Å². The monoisotopic (exact) mass is 435 g/mol. The number of rotatable bonds is 10. The summed E-state index contributed by atoms with van der Waals surface area (Å²) in [6.45, 7) is 6.54. The highest BCUT2D eigenvalue weighted by Gasteiger charge is 2.24. The van der Waals surface area contributed by atoms with E-state index in [-0.39, 0.29) is 12.0 Å². The van der Waals surface area contributed by atoms with Gasteiger partial charge in [-0.3, -0.25) is 4.79 Å². The van der Waals surface area contributed by atoms with Gasteiger partial charge in [-0.15, -0.1) is 11.3 Å². The Hall–Kier alpha value is -2.23. The summed E-state index contributed by atoms with van der Waals surface area (Å²) < 4.78 is 18.0. The van der Waals surface area contributed by atoms with Gasteiger partial charge < -0.3 is 24.1 Å². The average molecular weight is 436 g/mol. The van der Waals surface area contributed by atoms with E-state index in [0.29, 0.717) is 42.6 Å². The van der Waals surface area contributed by atoms with Crippen molar-refractivity contribution in [2.24, 2.45) is 0 Å². The molecule has 0 radical (unpaired) electrons. The molecule has 1 fully saturated rings. The molecule has 0 aliphatic carbocycles. The van der Waals surface area contributed by atoms with Gasteiger partial charge in [0, 0.05) is 44.5 Å². The number of nitrogens with zero attached hydrogens (tertiary/aromatic N) is 2. The first kappa shape index (κ1) is 22.5. The molecule has 1 N–H and O–H groups in total. The minimum atomic E-state index is -0.432. The molecule has 30 heavy (non-hydrogen) atoms. The summed E-state index contributed by atoms with van der Waals surface area (Å²) in [4.78, 5) is 29.3. The van der Waals surface area contributed by atoms with Crippen LogP contribution in [0.1, 0.15) is 52.0 Å². The predicted octanol–water partition coefficient (Wildman–Crippen LogP) is 3.04. The van der Waals surface area contributed by atoms with E-state index >= 15 is 0 Å². The fourth-order valence-corrected chi connectivity index (χ4v) is 4.21. The molecule has 1 aliphatic rings. The fraction of sp³-hybridized carbons (Fsp3) is 0.571. The summed E-state index contributed by atoms with van der Waals surface area (Å²) in [5, 5.41) is 5.08. The highest BCUT2D eigenvalue weighted by atomic mass is 32.1. The lowest BCUT2D eigenvalue weighted by Gasteiger charge is -2.15. The summed E-state index contributed by atoms with van der Waals surface area (Å²) >= 11 is 1.24. The smallest absolute Gasteiger partial charge is 0.367 e. The van der Waals surface area contributed by atoms with Crippen LogP contribution in [0.2, 0.25) is 0 Å². The minimum Gasteiger partial charge on any atom is -0.461 e. The Morgan fingerprint density at radius 2 is 2.27 bits per heavy atom. The second-order valence-corrected chi connectivity index (χ2v) is 7.99. The molecular weight excluding hydrogens is 406 g/mol. The molecule has 0 spiro atoms. The molecule has 164 valence electrons. The number of nitrogens with one attached hydrogen (secondary N) is 1. The van der Waals surface area contributed by atoms with Crippen LogP contribution >= 0.6 is 11.3 Å². The number of amides is 1. The summed E-state index contributed by atoms with van der Waals surface area (Å²) in [7, 11) is 1.64. The van der Waals surface area contributed by atoms with Crippen molar-refractivity contribution in [2.45, 2.75) is 45.8 Å². The zero-order chi connectivity index (χ0) is 21.5. The molecule has 0 bridgehead atoms. The van der Waals surface area contributed by atoms with E-state index in [9.17, 15) is 9.59 Å². The number of aromatic nitrogens is 2. The van der Waals surface area contributed by atoms with Crippen LogP contribution in [0, 0.1) is 6.92 Å². The van der Waals surface area contributed by atoms with E-state index in [0.717, 1.165) is 37.3 Å². The van der Waals surface area contributed by atoms with Crippen molar-refractivity contribution in [1.29, 1.82) is 0 Å². The Bertz CT molecular complexity index is 870. The number of hydrogen-bond acceptors (Lipinski definition) is 7. The minimum absolute atomic E-state index is 0.107. The first-order valence-corrected chi connectivity index (χ1v) is 11.1. The molecule has 9 heteroatoms. The SMILES string of the molecule is CCOC(=O)c1nc(-c2cc(C(=O)NCCCOC)c(C)n2CC2CCCO2)cs1. The number of esters is 1. The van der Waals surface area contributed by atoms with Gasteiger partial charge in [0.05, 0.1) is 29.7 Å². The summed E-state index contributed by atoms with van der Waals surface area (Å²) in [5.74, 6) is -0.560. The molecule has 3 rings (SSSR count). The topological polar surface area (TPSA) is 91.7 Å². The molecule has 1 unspecified atom stereocenters. The highest BCUT2D eigenvalue weighted by molar-refractivity contribution is 7.11. The van der Waals surface area contributed by atoms with Gasteiger partial charge in [-0.25, -0.2) is 9.78 Å². The van der Waals surface area contributed by atoms with Crippen molar-refractivity contribution in [3.8, 4) is 11.4 Å². The normalized spacial score (nSPS) is 16.0. The lowest BCUT2D eigenvalue weighted by molar-refractivity contribution is 0.0526. The van der Waals surface area contributed by atoms with Crippen molar-refractivity contribution >= 4 is 23.2 Å². The molecule has 2 aromatic heterocycles. The first-order chi connectivity index (χ1) is 14.5. The van der Waals surface area contributed by atoms with Gasteiger partial charge in [-0.05, 0) is 39.2 Å². The van der Waals surface area contributed by atoms with Crippen molar-refractivity contribution in [3.05, 3.63) is 27.7 Å². The largest absolute Gasteiger partial charge is 0.461 e. The average Bonchev–Trinajstić information content (AvgIpc) is 3.47. The number of methoxy groups -OCH3 is 1. The second kappa shape index (κ2) is 10.7. The Labute approximate surface area is 180 Å². The Morgan fingerprint density at radius 3 is 2.97 bits per heavy atom. The Morgan fingerprint density at radius 1 is 1.43 bits per heavy atom. The third kappa shape index (κ3) is 5.27. The maximum absolute atomic E-state index is 12.8. The van der Waals surface area contributed by atoms with Crippen molar-refractivity contribution < 1.29 is 23.8 Å². The van der Waals surface area contributed by atoms with E-state index in [4.69, 9.17) is 14.2 Å². The van der Waals surface area contributed by atoms with Crippen molar-refractivity contribution in [2.75, 3.05) is 33.5 Å². The number of hydrogen-bond donors (Lipinski definition) is 1. The Balaban J connectivity index is 1.88. The van der Waals surface area contributed by atoms with Gasteiger partial charge in [0.15, 0.2) is 0 Å². The highest BCUT2D eigenvalue weighted by Crippen LogP contribution is 2.29. The van der Waals surface area contributed by atoms with Crippen LogP contribution in [0.3, 0.4) is 0 Å². The molecule has 0 saturated carbocycles. The first-order valence-electron chi connectivity index (χ1n) is 10.3. The van der Waals surface area contributed by atoms with Gasteiger partial charge >= 0.3 is 5.97 Å². The van der Waals surface area contributed by atoms with E-state index in [1.54, 1.807) is 14.0 Å². The predicted molar refractivity (Wildman–Crippen MR) is 114 cm³/mol. The number of thiazole rings is 1. The zero-order valence-electron chi connectivity index (χ0n) is 17.7. The lowest BCUT2D eigenvalue weighted by Crippen LogP contribution is -2.26. The van der Waals surface area contributed by atoms with E-state index < -0.39 is 5.97 Å². The van der Waals surface area contributed by atoms with Crippen molar-refractivity contribution in [1.82, 2.24) is 14.9 Å². The number of carbonyl (C=O) groups is 2. The number of carbonyl (C=O) groups excluding carboxylic acids is 2. The molecule has 1 amide bonds. The van der Waals surface area contributed by atoms with Crippen LogP contribution in [0.5, 0.6) is 0 Å². The van der Waals surface area contributed by atoms with Crippen LogP contribution in [-0.4, -0.2) is 61.0 Å². The van der Waals surface area contributed by atoms with Gasteiger partial charge in [-0.2, -0.15) is 0 Å². The van der Waals surface area contributed by atoms with Crippen molar-refractivity contribution in [3.63, 3.8) is 0 Å². The van der Waals surface area contributed by atoms with Gasteiger partial charge in [0.1, 0.15) is 0 Å². The second-order valence-electron chi connectivity index (χ2n) is 7.13. The van der Waals surface area contributed by atoms with Crippen LogP contribution in [-0.2, 0) is 20.8 Å². The molecule has 1 atom stereocenters. The van der Waals surface area contributed by atoms with Gasteiger partial charge in [0.25, 0.3) is 5.91 Å². The maximum atomic E-state index is 12.8. The molecule has 2 aromatic rings. The molecule has 1 saturated heterocycles. The Kier molecular flexibility index (Phi) is 8.01. The summed E-state index contributed by atoms with van der Waals surface area (Å²) in [5.41, 5.74) is 2.92. The quantitative estimate of drug-likeness (QED) is 0.456. The van der Waals surface area contributed by atoms with Crippen LogP contribution in [0.4, 0.5) is 0 Å². The van der Waals surface area contributed by atoms with E-state index in [1.807, 2.05) is 18.4 Å². The third-order valence-corrected chi connectivity index (χ3v) is 5.87. The van der Waals surface area contributed by atoms with Crippen LogP contribution < -0.4 is 5.32 Å². The number of ether oxygens (including phenoxy) is 3. The summed E-state index contributed by atoms with van der Waals surface area (Å²) in [6, 6.07) is 1.85. The van der Waals surface area contributed by atoms with Gasteiger partial charge in [-0.1, -0.05) is 0 Å². The van der Waals surface area contributed by atoms with Crippen LogP contribution in [0.15, 0.2) is 11.4 Å².